The van der Waals surface area contributed by atoms with Crippen molar-refractivity contribution in [2.45, 2.75) is 0 Å². The van der Waals surface area contributed by atoms with Crippen LogP contribution in [0.1, 0.15) is 0 Å². The highest BCUT2D eigenvalue weighted by Gasteiger charge is 1.95. The van der Waals surface area contributed by atoms with Crippen molar-refractivity contribution in [2.75, 3.05) is 93.3 Å². The molecule has 1 aromatic carbocycles. The maximum absolute atomic E-state index is 5.53. The Morgan fingerprint density at radius 1 is 0.556 bits per heavy atom. The van der Waals surface area contributed by atoms with Crippen molar-refractivity contribution in [3.63, 3.8) is 0 Å². The molecule has 0 bridgehead atoms. The quantitative estimate of drug-likeness (QED) is 0.336. The minimum atomic E-state index is 0.536. The van der Waals surface area contributed by atoms with Crippen LogP contribution in [0.2, 0.25) is 0 Å². The predicted octanol–water partition coefficient (Wildman–Crippen LogP) is 1.71. The van der Waals surface area contributed by atoms with Gasteiger partial charge in [-0.15, -0.1) is 0 Å². The third-order valence-electron chi connectivity index (χ3n) is 3.41. The first kappa shape index (κ1) is 23.8. The molecule has 0 heterocycles. The third-order valence-corrected chi connectivity index (χ3v) is 3.41. The van der Waals surface area contributed by atoms with E-state index in [9.17, 15) is 0 Å². The van der Waals surface area contributed by atoms with Crippen LogP contribution in [0.3, 0.4) is 0 Å². The van der Waals surface area contributed by atoms with Crippen LogP contribution < -0.4 is 4.74 Å². The molecule has 0 fully saturated rings. The van der Waals surface area contributed by atoms with Gasteiger partial charge in [-0.25, -0.2) is 0 Å². The van der Waals surface area contributed by atoms with E-state index in [1.165, 1.54) is 0 Å². The molecule has 0 aliphatic rings. The van der Waals surface area contributed by atoms with Gasteiger partial charge in [-0.3, -0.25) is 0 Å². The molecule has 156 valence electrons. The Morgan fingerprint density at radius 2 is 0.963 bits per heavy atom. The summed E-state index contributed by atoms with van der Waals surface area (Å²) in [5, 5.41) is 0. The molecule has 0 radical (unpaired) electrons. The summed E-state index contributed by atoms with van der Waals surface area (Å²) in [6.07, 6.45) is 0. The van der Waals surface area contributed by atoms with E-state index in [4.69, 9.17) is 28.4 Å². The molecule has 1 rings (SSSR count). The molecule has 0 saturated heterocycles. The van der Waals surface area contributed by atoms with Gasteiger partial charge in [-0.05, 0) is 26.2 Å². The number of nitrogens with zero attached hydrogens (tertiary/aromatic N) is 1. The summed E-state index contributed by atoms with van der Waals surface area (Å²) in [4.78, 5) is 2.09. The monoisotopic (exact) mass is 385 g/mol. The molecule has 0 N–H and O–H groups in total. The molecule has 7 heteroatoms. The Hall–Kier alpha value is -1.22. The molecule has 0 saturated carbocycles. The van der Waals surface area contributed by atoms with Crippen LogP contribution in [-0.2, 0) is 23.7 Å². The van der Waals surface area contributed by atoms with Gasteiger partial charge >= 0.3 is 0 Å². The number of para-hydroxylation sites is 1. The van der Waals surface area contributed by atoms with Gasteiger partial charge in [0, 0.05) is 6.54 Å². The zero-order valence-corrected chi connectivity index (χ0v) is 16.8. The van der Waals surface area contributed by atoms with Gasteiger partial charge in [-0.1, -0.05) is 18.2 Å². The van der Waals surface area contributed by atoms with Crippen LogP contribution >= 0.6 is 0 Å². The topological polar surface area (TPSA) is 58.6 Å². The second kappa shape index (κ2) is 18.2. The molecule has 0 aliphatic carbocycles. The second-order valence-electron chi connectivity index (χ2n) is 6.03. The molecule has 0 aliphatic heterocycles. The van der Waals surface area contributed by atoms with Gasteiger partial charge in [-0.2, -0.15) is 0 Å². The van der Waals surface area contributed by atoms with Gasteiger partial charge in [0.1, 0.15) is 12.4 Å². The fourth-order valence-electron chi connectivity index (χ4n) is 1.96. The lowest BCUT2D eigenvalue weighted by molar-refractivity contribution is -0.0132. The molecular formula is C20H35NO6. The standard InChI is InChI=1S/C20H35NO6/c1-21(2)8-9-22-10-11-23-12-13-24-14-15-25-16-17-26-18-19-27-20-6-4-3-5-7-20/h3-7H,8-19H2,1-2H3. The van der Waals surface area contributed by atoms with Crippen molar-refractivity contribution in [3.8, 4) is 5.75 Å². The molecule has 0 atom stereocenters. The number of likely N-dealkylation sites (N-methyl/N-ethyl adjacent to an activating group) is 1. The zero-order valence-electron chi connectivity index (χ0n) is 16.8. The highest BCUT2D eigenvalue weighted by Crippen LogP contribution is 2.07. The normalized spacial score (nSPS) is 11.2. The van der Waals surface area contributed by atoms with E-state index in [-0.39, 0.29) is 0 Å². The first-order chi connectivity index (χ1) is 13.3. The van der Waals surface area contributed by atoms with Crippen LogP contribution in [0.5, 0.6) is 5.75 Å². The van der Waals surface area contributed by atoms with E-state index >= 15 is 0 Å². The van der Waals surface area contributed by atoms with Gasteiger partial charge in [0.25, 0.3) is 0 Å². The number of hydrogen-bond donors (Lipinski definition) is 0. The smallest absolute Gasteiger partial charge is 0.119 e. The van der Waals surface area contributed by atoms with Crippen molar-refractivity contribution in [2.24, 2.45) is 0 Å². The van der Waals surface area contributed by atoms with Gasteiger partial charge in [0.05, 0.1) is 66.1 Å². The third kappa shape index (κ3) is 16.7. The molecule has 0 aromatic heterocycles. The Morgan fingerprint density at radius 3 is 1.41 bits per heavy atom. The Balaban J connectivity index is 1.69. The van der Waals surface area contributed by atoms with Crippen molar-refractivity contribution in [1.29, 1.82) is 0 Å². The van der Waals surface area contributed by atoms with Gasteiger partial charge in [0.15, 0.2) is 0 Å². The molecule has 1 aromatic rings. The lowest BCUT2D eigenvalue weighted by atomic mass is 10.3. The number of benzene rings is 1. The maximum atomic E-state index is 5.53. The van der Waals surface area contributed by atoms with Gasteiger partial charge in [0.2, 0.25) is 0 Å². The van der Waals surface area contributed by atoms with Crippen molar-refractivity contribution >= 4 is 0 Å². The Labute approximate surface area is 163 Å². The highest BCUT2D eigenvalue weighted by atomic mass is 16.6. The predicted molar refractivity (Wildman–Crippen MR) is 105 cm³/mol. The van der Waals surface area contributed by atoms with Crippen molar-refractivity contribution < 1.29 is 28.4 Å². The average molecular weight is 386 g/mol. The minimum Gasteiger partial charge on any atom is -0.491 e. The Kier molecular flexibility index (Phi) is 16.0. The molecule has 0 unspecified atom stereocenters. The first-order valence-corrected chi connectivity index (χ1v) is 9.50. The average Bonchev–Trinajstić information content (AvgIpc) is 2.67. The van der Waals surface area contributed by atoms with Crippen molar-refractivity contribution in [3.05, 3.63) is 30.3 Å². The van der Waals surface area contributed by atoms with E-state index < -0.39 is 0 Å². The summed E-state index contributed by atoms with van der Waals surface area (Å²) in [6, 6.07) is 9.70. The fourth-order valence-corrected chi connectivity index (χ4v) is 1.96. The SMILES string of the molecule is CN(C)CCOCCOCCOCCOCCOCCOc1ccccc1. The van der Waals surface area contributed by atoms with E-state index in [0.29, 0.717) is 66.1 Å². The molecular weight excluding hydrogens is 350 g/mol. The number of ether oxygens (including phenoxy) is 6. The first-order valence-electron chi connectivity index (χ1n) is 9.50. The van der Waals surface area contributed by atoms with E-state index in [1.807, 2.05) is 44.4 Å². The van der Waals surface area contributed by atoms with E-state index in [1.54, 1.807) is 0 Å². The lowest BCUT2D eigenvalue weighted by Gasteiger charge is -2.10. The van der Waals surface area contributed by atoms with Crippen LogP contribution in [0.4, 0.5) is 0 Å². The van der Waals surface area contributed by atoms with E-state index in [2.05, 4.69) is 4.90 Å². The fraction of sp³-hybridized carbons (Fsp3) is 0.700. The lowest BCUT2D eigenvalue weighted by Crippen LogP contribution is -2.19. The highest BCUT2D eigenvalue weighted by molar-refractivity contribution is 5.20. The maximum Gasteiger partial charge on any atom is 0.119 e. The largest absolute Gasteiger partial charge is 0.491 e. The minimum absolute atomic E-state index is 0.536. The summed E-state index contributed by atoms with van der Waals surface area (Å²) in [5.41, 5.74) is 0. The summed E-state index contributed by atoms with van der Waals surface area (Å²) in [7, 11) is 4.05. The molecule has 27 heavy (non-hydrogen) atoms. The number of hydrogen-bond acceptors (Lipinski definition) is 7. The van der Waals surface area contributed by atoms with Crippen molar-refractivity contribution in [1.82, 2.24) is 4.90 Å². The summed E-state index contributed by atoms with van der Waals surface area (Å²) >= 11 is 0. The summed E-state index contributed by atoms with van der Waals surface area (Å²) < 4.78 is 32.7. The molecule has 0 spiro atoms. The van der Waals surface area contributed by atoms with E-state index in [0.717, 1.165) is 18.9 Å². The zero-order chi connectivity index (χ0) is 19.4. The van der Waals surface area contributed by atoms with Gasteiger partial charge < -0.3 is 33.3 Å². The molecule has 7 nitrogen and oxygen atoms in total. The van der Waals surface area contributed by atoms with Crippen LogP contribution in [0.25, 0.3) is 0 Å². The van der Waals surface area contributed by atoms with Crippen LogP contribution in [-0.4, -0.2) is 98.2 Å². The molecule has 0 amide bonds. The van der Waals surface area contributed by atoms with Crippen LogP contribution in [0, 0.1) is 0 Å². The number of rotatable bonds is 19. The van der Waals surface area contributed by atoms with Crippen LogP contribution in [0.15, 0.2) is 30.3 Å². The second-order valence-corrected chi connectivity index (χ2v) is 6.03. The summed E-state index contributed by atoms with van der Waals surface area (Å²) in [6.45, 7) is 7.30. The Bertz CT molecular complexity index is 418. The summed E-state index contributed by atoms with van der Waals surface area (Å²) in [5.74, 6) is 0.857.